The number of benzene rings is 3. The van der Waals surface area contributed by atoms with Gasteiger partial charge in [-0.3, -0.25) is 4.79 Å². The molecule has 1 amide bonds. The average molecular weight is 487 g/mol. The van der Waals surface area contributed by atoms with Crippen LogP contribution in [-0.2, 0) is 20.6 Å². The van der Waals surface area contributed by atoms with Crippen LogP contribution in [0.5, 0.6) is 0 Å². The Morgan fingerprint density at radius 1 is 0.857 bits per heavy atom. The van der Waals surface area contributed by atoms with Crippen molar-refractivity contribution in [1.82, 2.24) is 9.21 Å². The Hall–Kier alpha value is -3.44. The van der Waals surface area contributed by atoms with Gasteiger partial charge in [-0.05, 0) is 35.4 Å². The highest BCUT2D eigenvalue weighted by atomic mass is 32.2. The summed E-state index contributed by atoms with van der Waals surface area (Å²) in [4.78, 5) is 14.5. The van der Waals surface area contributed by atoms with Gasteiger partial charge in [0.05, 0.1) is 31.0 Å². The first-order valence-electron chi connectivity index (χ1n) is 11.6. The summed E-state index contributed by atoms with van der Waals surface area (Å²) in [5, 5.41) is 10.0. The Bertz CT molecular complexity index is 1360. The van der Waals surface area contributed by atoms with Crippen molar-refractivity contribution in [2.75, 3.05) is 19.7 Å². The first-order valence-corrected chi connectivity index (χ1v) is 13.2. The molecule has 7 heteroatoms. The molecule has 2 aliphatic heterocycles. The van der Waals surface area contributed by atoms with Crippen molar-refractivity contribution in [3.8, 4) is 11.8 Å². The largest absolute Gasteiger partial charge is 0.394 e. The van der Waals surface area contributed by atoms with E-state index >= 15 is 0 Å². The second-order valence-corrected chi connectivity index (χ2v) is 10.9. The third kappa shape index (κ3) is 4.73. The summed E-state index contributed by atoms with van der Waals surface area (Å²) in [6, 6.07) is 25.8. The number of fused-ring (bicyclic) bond motifs is 1. The van der Waals surface area contributed by atoms with Gasteiger partial charge in [0.1, 0.15) is 0 Å². The monoisotopic (exact) mass is 486 g/mol. The van der Waals surface area contributed by atoms with Crippen LogP contribution < -0.4 is 0 Å². The number of aliphatic hydroxyl groups is 1. The number of amides is 1. The summed E-state index contributed by atoms with van der Waals surface area (Å²) < 4.78 is 27.5. The molecule has 1 N–H and O–H groups in total. The van der Waals surface area contributed by atoms with Gasteiger partial charge in [-0.15, -0.1) is 0 Å². The zero-order valence-corrected chi connectivity index (χ0v) is 19.9. The molecule has 2 saturated heterocycles. The van der Waals surface area contributed by atoms with Gasteiger partial charge >= 0.3 is 0 Å². The molecule has 0 bridgehead atoms. The van der Waals surface area contributed by atoms with Crippen LogP contribution in [0.25, 0.3) is 0 Å². The van der Waals surface area contributed by atoms with Gasteiger partial charge < -0.3 is 10.0 Å². The Kier molecular flexibility index (Phi) is 6.44. The zero-order valence-electron chi connectivity index (χ0n) is 19.1. The quantitative estimate of drug-likeness (QED) is 0.563. The summed E-state index contributed by atoms with van der Waals surface area (Å²) in [7, 11) is -3.66. The molecule has 2 heterocycles. The molecule has 6 nitrogen and oxygen atoms in total. The van der Waals surface area contributed by atoms with E-state index < -0.39 is 10.0 Å². The predicted molar refractivity (Wildman–Crippen MR) is 134 cm³/mol. The minimum absolute atomic E-state index is 0.142. The Morgan fingerprint density at radius 3 is 2.09 bits per heavy atom. The number of nitrogens with zero attached hydrogens (tertiary/aromatic N) is 2. The molecule has 3 aromatic rings. The van der Waals surface area contributed by atoms with Crippen LogP contribution in [0.15, 0.2) is 84.9 Å². The molecular weight excluding hydrogens is 460 g/mol. The number of hydrogen-bond donors (Lipinski definition) is 1. The first kappa shape index (κ1) is 23.3. The van der Waals surface area contributed by atoms with Crippen LogP contribution in [0.4, 0.5) is 0 Å². The maximum absolute atomic E-state index is 13.1. The normalized spacial score (nSPS) is 22.0. The van der Waals surface area contributed by atoms with Crippen LogP contribution in [0, 0.1) is 11.8 Å². The fraction of sp³-hybridized carbons (Fsp3) is 0.250. The molecule has 0 unspecified atom stereocenters. The lowest BCUT2D eigenvalue weighted by atomic mass is 9.74. The molecule has 0 aliphatic carbocycles. The van der Waals surface area contributed by atoms with Crippen molar-refractivity contribution in [3.05, 3.63) is 107 Å². The molecule has 35 heavy (non-hydrogen) atoms. The fourth-order valence-corrected chi connectivity index (χ4v) is 6.50. The molecule has 3 aromatic carbocycles. The molecule has 0 radical (unpaired) electrons. The molecule has 5 rings (SSSR count). The van der Waals surface area contributed by atoms with Crippen LogP contribution >= 0.6 is 0 Å². The van der Waals surface area contributed by atoms with E-state index in [2.05, 4.69) is 11.8 Å². The number of hydrogen-bond acceptors (Lipinski definition) is 4. The van der Waals surface area contributed by atoms with Crippen molar-refractivity contribution in [2.45, 2.75) is 23.8 Å². The minimum Gasteiger partial charge on any atom is -0.394 e. The van der Waals surface area contributed by atoms with E-state index in [0.717, 1.165) is 16.7 Å². The van der Waals surface area contributed by atoms with E-state index in [1.165, 1.54) is 4.31 Å². The first-order chi connectivity index (χ1) is 17.0. The number of carbonyl (C=O) groups is 1. The van der Waals surface area contributed by atoms with Gasteiger partial charge in [-0.25, -0.2) is 8.42 Å². The highest BCUT2D eigenvalue weighted by Gasteiger charge is 2.55. The second-order valence-electron chi connectivity index (χ2n) is 8.92. The van der Waals surface area contributed by atoms with E-state index in [4.69, 9.17) is 0 Å². The Labute approximate surface area is 205 Å². The zero-order chi connectivity index (χ0) is 24.4. The standard InChI is InChI=1S/C28H26N2O4S/c31-19-26-28(24-15-13-22(14-16-24)12-11-21-7-3-1-4-8-21)25-17-29(18-27(32)30(25)26)35(33,34)20-23-9-5-2-6-10-23/h1-10,13-16,25-26,28,31H,17-20H2/t25-,26-,28+/m1/s1. The fourth-order valence-electron chi connectivity index (χ4n) is 5.01. The maximum Gasteiger partial charge on any atom is 0.238 e. The molecule has 3 atom stereocenters. The Morgan fingerprint density at radius 2 is 1.46 bits per heavy atom. The molecule has 2 fully saturated rings. The topological polar surface area (TPSA) is 77.9 Å². The average Bonchev–Trinajstić information content (AvgIpc) is 2.85. The molecule has 2 aliphatic rings. The highest BCUT2D eigenvalue weighted by Crippen LogP contribution is 2.43. The van der Waals surface area contributed by atoms with Crippen molar-refractivity contribution in [1.29, 1.82) is 0 Å². The molecular formula is C28H26N2O4S. The lowest BCUT2D eigenvalue weighted by molar-refractivity contribution is -0.158. The summed E-state index contributed by atoms with van der Waals surface area (Å²) in [6.45, 7) is -0.139. The van der Waals surface area contributed by atoms with Crippen molar-refractivity contribution in [3.63, 3.8) is 0 Å². The van der Waals surface area contributed by atoms with E-state index in [9.17, 15) is 18.3 Å². The molecule has 0 spiro atoms. The van der Waals surface area contributed by atoms with Crippen LogP contribution in [-0.4, -0.2) is 60.4 Å². The van der Waals surface area contributed by atoms with Gasteiger partial charge in [0.15, 0.2) is 0 Å². The number of carbonyl (C=O) groups excluding carboxylic acids is 1. The number of piperazine rings is 1. The highest BCUT2D eigenvalue weighted by molar-refractivity contribution is 7.88. The number of rotatable bonds is 5. The summed E-state index contributed by atoms with van der Waals surface area (Å²) in [6.07, 6.45) is 0. The summed E-state index contributed by atoms with van der Waals surface area (Å²) >= 11 is 0. The predicted octanol–water partition coefficient (Wildman–Crippen LogP) is 2.59. The van der Waals surface area contributed by atoms with Gasteiger partial charge in [0.2, 0.25) is 15.9 Å². The van der Waals surface area contributed by atoms with Crippen LogP contribution in [0.2, 0.25) is 0 Å². The van der Waals surface area contributed by atoms with Crippen molar-refractivity contribution in [2.24, 2.45) is 0 Å². The van der Waals surface area contributed by atoms with E-state index in [1.54, 1.807) is 29.2 Å². The lowest BCUT2D eigenvalue weighted by Crippen LogP contribution is -2.73. The second kappa shape index (κ2) is 9.67. The van der Waals surface area contributed by atoms with Crippen molar-refractivity contribution < 1.29 is 18.3 Å². The number of sulfonamides is 1. The van der Waals surface area contributed by atoms with Gasteiger partial charge in [0, 0.05) is 23.6 Å². The Balaban J connectivity index is 1.34. The van der Waals surface area contributed by atoms with Crippen LogP contribution in [0.3, 0.4) is 0 Å². The van der Waals surface area contributed by atoms with E-state index in [1.807, 2.05) is 60.7 Å². The summed E-state index contributed by atoms with van der Waals surface area (Å²) in [5.74, 6) is 5.73. The van der Waals surface area contributed by atoms with E-state index in [0.29, 0.717) is 5.56 Å². The van der Waals surface area contributed by atoms with E-state index in [-0.39, 0.29) is 49.4 Å². The van der Waals surface area contributed by atoms with Gasteiger partial charge in [0.25, 0.3) is 0 Å². The smallest absolute Gasteiger partial charge is 0.238 e. The minimum atomic E-state index is -3.66. The van der Waals surface area contributed by atoms with Crippen LogP contribution in [0.1, 0.15) is 28.2 Å². The molecule has 0 saturated carbocycles. The third-order valence-electron chi connectivity index (χ3n) is 6.73. The third-order valence-corrected chi connectivity index (χ3v) is 8.49. The van der Waals surface area contributed by atoms with Gasteiger partial charge in [-0.1, -0.05) is 72.5 Å². The molecule has 178 valence electrons. The lowest BCUT2D eigenvalue weighted by Gasteiger charge is -2.58. The van der Waals surface area contributed by atoms with Crippen molar-refractivity contribution >= 4 is 15.9 Å². The maximum atomic E-state index is 13.1. The number of aliphatic hydroxyl groups excluding tert-OH is 1. The van der Waals surface area contributed by atoms with Gasteiger partial charge in [-0.2, -0.15) is 4.31 Å². The molecule has 0 aromatic heterocycles. The SMILES string of the molecule is O=C1CN(S(=O)(=O)Cc2ccccc2)C[C@@H]2[C@H](c3ccc(C#Cc4ccccc4)cc3)[C@@H](CO)N12. The summed E-state index contributed by atoms with van der Waals surface area (Å²) in [5.41, 5.74) is 3.45.